The number of piperazine rings is 1. The average molecular weight is 398 g/mol. The number of fused-ring (bicyclic) bond motifs is 1. The number of pyridine rings is 1. The van der Waals surface area contributed by atoms with Crippen LogP contribution in [0, 0.1) is 13.8 Å². The summed E-state index contributed by atoms with van der Waals surface area (Å²) in [7, 11) is 2.19. The molecule has 0 aliphatic carbocycles. The van der Waals surface area contributed by atoms with Crippen LogP contribution in [0.3, 0.4) is 0 Å². The minimum atomic E-state index is 0.961. The van der Waals surface area contributed by atoms with Gasteiger partial charge in [0.05, 0.1) is 17.4 Å². The fraction of sp³-hybridized carbons (Fsp3) is 0.280. The van der Waals surface area contributed by atoms with Crippen LogP contribution in [0.15, 0.2) is 54.7 Å². The zero-order valence-electron chi connectivity index (χ0n) is 17.8. The fourth-order valence-electron chi connectivity index (χ4n) is 4.39. The highest BCUT2D eigenvalue weighted by Gasteiger charge is 2.16. The SMILES string of the molecule is Cc1cccc(C)c1-c1cc2c(-c3ccc(N4CCN(C)CC4)cc3)n[nH]c2cn1. The Hall–Kier alpha value is -3.18. The molecule has 0 unspecified atom stereocenters. The Morgan fingerprint density at radius 1 is 0.900 bits per heavy atom. The molecule has 0 saturated carbocycles. The zero-order valence-corrected chi connectivity index (χ0v) is 17.8. The number of H-pyrrole nitrogens is 1. The van der Waals surface area contributed by atoms with Gasteiger partial charge in [0.1, 0.15) is 5.69 Å². The summed E-state index contributed by atoms with van der Waals surface area (Å²) in [6, 6.07) is 17.3. The molecule has 5 nitrogen and oxygen atoms in total. The van der Waals surface area contributed by atoms with Gasteiger partial charge >= 0.3 is 0 Å². The van der Waals surface area contributed by atoms with Crippen molar-refractivity contribution in [3.8, 4) is 22.5 Å². The summed E-state index contributed by atoms with van der Waals surface area (Å²) in [6.45, 7) is 8.65. The second kappa shape index (κ2) is 7.58. The Morgan fingerprint density at radius 3 is 2.30 bits per heavy atom. The smallest absolute Gasteiger partial charge is 0.100 e. The minimum Gasteiger partial charge on any atom is -0.369 e. The largest absolute Gasteiger partial charge is 0.369 e. The van der Waals surface area contributed by atoms with Crippen molar-refractivity contribution in [1.82, 2.24) is 20.1 Å². The highest BCUT2D eigenvalue weighted by Crippen LogP contribution is 2.32. The van der Waals surface area contributed by atoms with Crippen molar-refractivity contribution in [3.63, 3.8) is 0 Å². The Balaban J connectivity index is 1.50. The van der Waals surface area contributed by atoms with Crippen LogP contribution in [-0.4, -0.2) is 53.3 Å². The van der Waals surface area contributed by atoms with Crippen LogP contribution in [0.5, 0.6) is 0 Å². The van der Waals surface area contributed by atoms with Gasteiger partial charge in [-0.15, -0.1) is 0 Å². The summed E-state index contributed by atoms with van der Waals surface area (Å²) in [5.74, 6) is 0. The number of rotatable bonds is 3. The lowest BCUT2D eigenvalue weighted by Crippen LogP contribution is -2.44. The van der Waals surface area contributed by atoms with E-state index in [0.717, 1.165) is 54.0 Å². The van der Waals surface area contributed by atoms with E-state index in [9.17, 15) is 0 Å². The van der Waals surface area contributed by atoms with E-state index in [2.05, 4.69) is 89.4 Å². The third-order valence-electron chi connectivity index (χ3n) is 6.19. The molecular weight excluding hydrogens is 370 g/mol. The van der Waals surface area contributed by atoms with Crippen molar-refractivity contribution in [2.24, 2.45) is 0 Å². The molecule has 0 radical (unpaired) electrons. The van der Waals surface area contributed by atoms with E-state index in [1.54, 1.807) is 0 Å². The molecule has 0 spiro atoms. The Bertz CT molecular complexity index is 1160. The summed E-state index contributed by atoms with van der Waals surface area (Å²) in [6.07, 6.45) is 1.89. The van der Waals surface area contributed by atoms with Crippen LogP contribution in [0.4, 0.5) is 5.69 Å². The van der Waals surface area contributed by atoms with Gasteiger partial charge in [-0.25, -0.2) is 0 Å². The first-order valence-electron chi connectivity index (χ1n) is 10.5. The molecule has 1 saturated heterocycles. The highest BCUT2D eigenvalue weighted by atomic mass is 15.2. The van der Waals surface area contributed by atoms with Gasteiger partial charge < -0.3 is 9.80 Å². The standard InChI is InChI=1S/C25H27N5/c1-17-5-4-6-18(2)24(17)22-15-21-23(16-26-22)27-28-25(21)19-7-9-20(10-8-19)30-13-11-29(3)12-14-30/h4-10,15-16H,11-14H2,1-3H3,(H,27,28). The maximum atomic E-state index is 4.71. The quantitative estimate of drug-likeness (QED) is 0.546. The maximum Gasteiger partial charge on any atom is 0.100 e. The third-order valence-corrected chi connectivity index (χ3v) is 6.19. The monoisotopic (exact) mass is 397 g/mol. The first kappa shape index (κ1) is 18.8. The molecule has 5 heteroatoms. The minimum absolute atomic E-state index is 0.961. The van der Waals surface area contributed by atoms with Crippen LogP contribution in [-0.2, 0) is 0 Å². The number of aromatic amines is 1. The number of aromatic nitrogens is 3. The van der Waals surface area contributed by atoms with E-state index in [1.807, 2.05) is 6.20 Å². The van der Waals surface area contributed by atoms with Crippen molar-refractivity contribution in [3.05, 3.63) is 65.9 Å². The summed E-state index contributed by atoms with van der Waals surface area (Å²) < 4.78 is 0. The number of hydrogen-bond donors (Lipinski definition) is 1. The molecule has 152 valence electrons. The van der Waals surface area contributed by atoms with Gasteiger partial charge in [0.25, 0.3) is 0 Å². The van der Waals surface area contributed by atoms with Crippen molar-refractivity contribution in [1.29, 1.82) is 0 Å². The van der Waals surface area contributed by atoms with Gasteiger partial charge in [-0.05, 0) is 50.2 Å². The van der Waals surface area contributed by atoms with Crippen LogP contribution in [0.25, 0.3) is 33.4 Å². The van der Waals surface area contributed by atoms with Crippen LogP contribution >= 0.6 is 0 Å². The first-order chi connectivity index (χ1) is 14.6. The number of nitrogens with one attached hydrogen (secondary N) is 1. The number of likely N-dealkylation sites (N-methyl/N-ethyl adjacent to an activating group) is 1. The van der Waals surface area contributed by atoms with Crippen LogP contribution in [0.1, 0.15) is 11.1 Å². The molecule has 1 N–H and O–H groups in total. The maximum absolute atomic E-state index is 4.71. The molecule has 5 rings (SSSR count). The van der Waals surface area contributed by atoms with Gasteiger partial charge in [-0.1, -0.05) is 30.3 Å². The number of hydrogen-bond acceptors (Lipinski definition) is 4. The molecule has 4 aromatic rings. The van der Waals surface area contributed by atoms with Gasteiger partial charge in [-0.3, -0.25) is 10.1 Å². The normalized spacial score (nSPS) is 15.1. The van der Waals surface area contributed by atoms with E-state index < -0.39 is 0 Å². The highest BCUT2D eigenvalue weighted by molar-refractivity contribution is 5.95. The topological polar surface area (TPSA) is 48.0 Å². The molecule has 3 heterocycles. The van der Waals surface area contributed by atoms with Gasteiger partial charge in [0.15, 0.2) is 0 Å². The zero-order chi connectivity index (χ0) is 20.7. The Kier molecular flexibility index (Phi) is 4.75. The van der Waals surface area contributed by atoms with Crippen LogP contribution < -0.4 is 4.90 Å². The molecular formula is C25H27N5. The number of anilines is 1. The number of benzene rings is 2. The lowest BCUT2D eigenvalue weighted by Gasteiger charge is -2.34. The molecule has 1 aliphatic rings. The fourth-order valence-corrected chi connectivity index (χ4v) is 4.39. The second-order valence-electron chi connectivity index (χ2n) is 8.29. The molecule has 1 fully saturated rings. The lowest BCUT2D eigenvalue weighted by atomic mass is 9.98. The van der Waals surface area contributed by atoms with E-state index in [4.69, 9.17) is 4.98 Å². The Labute approximate surface area is 177 Å². The van der Waals surface area contributed by atoms with E-state index in [1.165, 1.54) is 22.4 Å². The van der Waals surface area contributed by atoms with E-state index in [-0.39, 0.29) is 0 Å². The first-order valence-corrected chi connectivity index (χ1v) is 10.5. The molecule has 1 aliphatic heterocycles. The van der Waals surface area contributed by atoms with Crippen LogP contribution in [0.2, 0.25) is 0 Å². The van der Waals surface area contributed by atoms with Gasteiger partial charge in [-0.2, -0.15) is 5.10 Å². The second-order valence-corrected chi connectivity index (χ2v) is 8.29. The predicted octanol–water partition coefficient (Wildman–Crippen LogP) is 4.66. The summed E-state index contributed by atoms with van der Waals surface area (Å²) >= 11 is 0. The van der Waals surface area contributed by atoms with Crippen molar-refractivity contribution in [2.75, 3.05) is 38.1 Å². The van der Waals surface area contributed by atoms with Crippen molar-refractivity contribution < 1.29 is 0 Å². The van der Waals surface area contributed by atoms with Gasteiger partial charge in [0, 0.05) is 48.4 Å². The molecule has 30 heavy (non-hydrogen) atoms. The predicted molar refractivity (Wildman–Crippen MR) is 124 cm³/mol. The number of nitrogens with zero attached hydrogens (tertiary/aromatic N) is 4. The van der Waals surface area contributed by atoms with E-state index in [0.29, 0.717) is 0 Å². The summed E-state index contributed by atoms with van der Waals surface area (Å²) in [5.41, 5.74) is 9.02. The molecule has 2 aromatic carbocycles. The summed E-state index contributed by atoms with van der Waals surface area (Å²) in [5, 5.41) is 8.87. The molecule has 0 amide bonds. The average Bonchev–Trinajstić information content (AvgIpc) is 3.18. The summed E-state index contributed by atoms with van der Waals surface area (Å²) in [4.78, 5) is 9.54. The van der Waals surface area contributed by atoms with Crippen molar-refractivity contribution in [2.45, 2.75) is 13.8 Å². The van der Waals surface area contributed by atoms with Crippen molar-refractivity contribution >= 4 is 16.6 Å². The lowest BCUT2D eigenvalue weighted by molar-refractivity contribution is 0.313. The number of aryl methyl sites for hydroxylation is 2. The van der Waals surface area contributed by atoms with Gasteiger partial charge in [0.2, 0.25) is 0 Å². The third kappa shape index (κ3) is 3.35. The molecule has 0 atom stereocenters. The Morgan fingerprint density at radius 2 is 1.60 bits per heavy atom. The molecule has 2 aromatic heterocycles. The molecule has 0 bridgehead atoms. The van der Waals surface area contributed by atoms with E-state index >= 15 is 0 Å².